The number of carbonyl (C=O) groups excluding carboxylic acids is 1. The number of benzene rings is 2. The number of H-pyrrole nitrogens is 1. The summed E-state index contributed by atoms with van der Waals surface area (Å²) in [7, 11) is 0. The summed E-state index contributed by atoms with van der Waals surface area (Å²) < 4.78 is 6.37. The molecular formula is C17H14BrClN4O2. The Morgan fingerprint density at radius 2 is 2.12 bits per heavy atom. The molecule has 0 radical (unpaired) electrons. The summed E-state index contributed by atoms with van der Waals surface area (Å²) in [6.07, 6.45) is 0. The zero-order chi connectivity index (χ0) is 17.8. The molecule has 25 heavy (non-hydrogen) atoms. The normalized spacial score (nSPS) is 10.5. The molecule has 3 rings (SSSR count). The van der Waals surface area contributed by atoms with Gasteiger partial charge in [0.05, 0.1) is 0 Å². The minimum Gasteiger partial charge on any atom is -0.483 e. The van der Waals surface area contributed by atoms with Gasteiger partial charge >= 0.3 is 0 Å². The Bertz CT molecular complexity index is 913. The number of aromatic amines is 1. The number of halogens is 2. The van der Waals surface area contributed by atoms with Crippen molar-refractivity contribution in [3.05, 3.63) is 57.5 Å². The van der Waals surface area contributed by atoms with Crippen molar-refractivity contribution in [2.45, 2.75) is 6.92 Å². The second-order valence-corrected chi connectivity index (χ2v) is 6.52. The van der Waals surface area contributed by atoms with E-state index in [0.717, 1.165) is 15.6 Å². The van der Waals surface area contributed by atoms with Crippen LogP contribution in [0.1, 0.15) is 5.56 Å². The van der Waals surface area contributed by atoms with Crippen molar-refractivity contribution in [3.63, 3.8) is 0 Å². The van der Waals surface area contributed by atoms with Gasteiger partial charge in [0.25, 0.3) is 5.91 Å². The Labute approximate surface area is 157 Å². The van der Waals surface area contributed by atoms with Crippen LogP contribution in [0.5, 0.6) is 5.75 Å². The third kappa shape index (κ3) is 4.37. The van der Waals surface area contributed by atoms with E-state index in [4.69, 9.17) is 16.3 Å². The van der Waals surface area contributed by atoms with Crippen LogP contribution in [0.2, 0.25) is 5.02 Å². The molecule has 3 aromatic rings. The average molecular weight is 422 g/mol. The van der Waals surface area contributed by atoms with E-state index in [1.807, 2.05) is 31.2 Å². The van der Waals surface area contributed by atoms with Crippen molar-refractivity contribution in [3.8, 4) is 17.1 Å². The third-order valence-electron chi connectivity index (χ3n) is 3.36. The maximum Gasteiger partial charge on any atom is 0.264 e. The van der Waals surface area contributed by atoms with Crippen molar-refractivity contribution < 1.29 is 9.53 Å². The minimum absolute atomic E-state index is 0.151. The number of hydrogen-bond donors (Lipinski definition) is 2. The van der Waals surface area contributed by atoms with Crippen molar-refractivity contribution in [1.82, 2.24) is 15.2 Å². The number of ether oxygens (including phenoxy) is 1. The smallest absolute Gasteiger partial charge is 0.264 e. The van der Waals surface area contributed by atoms with Gasteiger partial charge in [0, 0.05) is 15.1 Å². The van der Waals surface area contributed by atoms with E-state index in [1.54, 1.807) is 18.2 Å². The number of aryl methyl sites for hydroxylation is 1. The van der Waals surface area contributed by atoms with Gasteiger partial charge < -0.3 is 4.74 Å². The van der Waals surface area contributed by atoms with Crippen molar-refractivity contribution in [2.24, 2.45) is 0 Å². The molecular weight excluding hydrogens is 408 g/mol. The highest BCUT2D eigenvalue weighted by Crippen LogP contribution is 2.25. The summed E-state index contributed by atoms with van der Waals surface area (Å²) in [4.78, 5) is 16.3. The highest BCUT2D eigenvalue weighted by molar-refractivity contribution is 9.10. The predicted octanol–water partition coefficient (Wildman–Crippen LogP) is 4.21. The topological polar surface area (TPSA) is 79.9 Å². The number of nitrogens with one attached hydrogen (secondary N) is 2. The summed E-state index contributed by atoms with van der Waals surface area (Å²) in [5.74, 6) is 0.986. The van der Waals surface area contributed by atoms with Gasteiger partial charge in [0.1, 0.15) is 5.75 Å². The maximum absolute atomic E-state index is 12.0. The van der Waals surface area contributed by atoms with E-state index in [1.165, 1.54) is 0 Å². The molecule has 1 amide bonds. The Morgan fingerprint density at radius 3 is 2.88 bits per heavy atom. The molecule has 6 nitrogen and oxygen atoms in total. The minimum atomic E-state index is -0.355. The molecule has 0 aliphatic rings. The van der Waals surface area contributed by atoms with Crippen molar-refractivity contribution in [2.75, 3.05) is 11.9 Å². The van der Waals surface area contributed by atoms with Crippen LogP contribution in [0.25, 0.3) is 11.4 Å². The molecule has 0 aliphatic carbocycles. The van der Waals surface area contributed by atoms with Gasteiger partial charge in [-0.25, -0.2) is 0 Å². The lowest BCUT2D eigenvalue weighted by Crippen LogP contribution is -2.21. The van der Waals surface area contributed by atoms with E-state index in [2.05, 4.69) is 36.4 Å². The molecule has 2 N–H and O–H groups in total. The van der Waals surface area contributed by atoms with Gasteiger partial charge in [-0.3, -0.25) is 15.2 Å². The fraction of sp³-hybridized carbons (Fsp3) is 0.118. The van der Waals surface area contributed by atoms with E-state index in [9.17, 15) is 4.79 Å². The number of hydrogen-bond acceptors (Lipinski definition) is 4. The highest BCUT2D eigenvalue weighted by atomic mass is 79.9. The molecule has 0 bridgehead atoms. The average Bonchev–Trinajstić information content (AvgIpc) is 3.02. The molecule has 2 aromatic carbocycles. The van der Waals surface area contributed by atoms with Gasteiger partial charge in [-0.15, -0.1) is 5.10 Å². The van der Waals surface area contributed by atoms with Crippen LogP contribution in [-0.4, -0.2) is 27.7 Å². The Morgan fingerprint density at radius 1 is 1.32 bits per heavy atom. The number of anilines is 1. The van der Waals surface area contributed by atoms with Gasteiger partial charge in [0.2, 0.25) is 5.95 Å². The van der Waals surface area contributed by atoms with Gasteiger partial charge in [0.15, 0.2) is 12.4 Å². The number of amides is 1. The Balaban J connectivity index is 1.61. The van der Waals surface area contributed by atoms with Crippen LogP contribution >= 0.6 is 27.5 Å². The third-order valence-corrected chi connectivity index (χ3v) is 4.29. The molecule has 0 aliphatic heterocycles. The van der Waals surface area contributed by atoms with Crippen molar-refractivity contribution >= 4 is 39.4 Å². The Kier molecular flexibility index (Phi) is 5.35. The molecule has 0 unspecified atom stereocenters. The standard InChI is InChI=1S/C17H14BrClN4O2/c1-10-8-11(19)6-7-14(10)25-9-15(24)20-17-21-16(22-23-17)12-4-2-3-5-13(12)18/h2-8H,9H2,1H3,(H2,20,21,22,23,24). The SMILES string of the molecule is Cc1cc(Cl)ccc1OCC(=O)Nc1n[nH]c(-c2ccccc2Br)n1. The molecule has 0 fully saturated rings. The second kappa shape index (κ2) is 7.67. The summed E-state index contributed by atoms with van der Waals surface area (Å²) in [6.45, 7) is 1.71. The fourth-order valence-corrected chi connectivity index (χ4v) is 2.87. The van der Waals surface area contributed by atoms with Crippen LogP contribution in [0, 0.1) is 6.92 Å². The lowest BCUT2D eigenvalue weighted by Gasteiger charge is -2.08. The summed E-state index contributed by atoms with van der Waals surface area (Å²) in [5.41, 5.74) is 1.71. The zero-order valence-corrected chi connectivity index (χ0v) is 15.6. The maximum atomic E-state index is 12.0. The quantitative estimate of drug-likeness (QED) is 0.646. The molecule has 0 saturated heterocycles. The predicted molar refractivity (Wildman–Crippen MR) is 99.8 cm³/mol. The summed E-state index contributed by atoms with van der Waals surface area (Å²) in [6, 6.07) is 12.8. The van der Waals surface area contributed by atoms with Crippen LogP contribution in [-0.2, 0) is 4.79 Å². The number of rotatable bonds is 5. The molecule has 0 spiro atoms. The Hall–Kier alpha value is -2.38. The molecule has 0 atom stereocenters. The van der Waals surface area contributed by atoms with E-state index in [0.29, 0.717) is 16.6 Å². The zero-order valence-electron chi connectivity index (χ0n) is 13.2. The fourth-order valence-electron chi connectivity index (χ4n) is 2.17. The summed E-state index contributed by atoms with van der Waals surface area (Å²) in [5, 5.41) is 10.0. The van der Waals surface area contributed by atoms with Crippen LogP contribution in [0.4, 0.5) is 5.95 Å². The number of carbonyl (C=O) groups is 1. The van der Waals surface area contributed by atoms with E-state index >= 15 is 0 Å². The molecule has 128 valence electrons. The first-order valence-corrected chi connectivity index (χ1v) is 8.56. The monoisotopic (exact) mass is 420 g/mol. The molecule has 8 heteroatoms. The van der Waals surface area contributed by atoms with Crippen LogP contribution in [0.15, 0.2) is 46.9 Å². The molecule has 1 heterocycles. The lowest BCUT2D eigenvalue weighted by molar-refractivity contribution is -0.118. The first-order chi connectivity index (χ1) is 12.0. The largest absolute Gasteiger partial charge is 0.483 e. The van der Waals surface area contributed by atoms with Gasteiger partial charge in [-0.1, -0.05) is 45.7 Å². The van der Waals surface area contributed by atoms with E-state index in [-0.39, 0.29) is 18.5 Å². The first kappa shape index (κ1) is 17.4. The highest BCUT2D eigenvalue weighted by Gasteiger charge is 2.11. The van der Waals surface area contributed by atoms with Gasteiger partial charge in [-0.05, 0) is 36.8 Å². The molecule has 0 saturated carbocycles. The van der Waals surface area contributed by atoms with E-state index < -0.39 is 0 Å². The molecule has 1 aromatic heterocycles. The van der Waals surface area contributed by atoms with Crippen molar-refractivity contribution in [1.29, 1.82) is 0 Å². The number of nitrogens with zero attached hydrogens (tertiary/aromatic N) is 2. The lowest BCUT2D eigenvalue weighted by atomic mass is 10.2. The second-order valence-electron chi connectivity index (χ2n) is 5.23. The first-order valence-electron chi connectivity index (χ1n) is 7.39. The van der Waals surface area contributed by atoms with Crippen LogP contribution in [0.3, 0.4) is 0 Å². The summed E-state index contributed by atoms with van der Waals surface area (Å²) >= 11 is 9.34. The van der Waals surface area contributed by atoms with Gasteiger partial charge in [-0.2, -0.15) is 4.98 Å². The van der Waals surface area contributed by atoms with Crippen LogP contribution < -0.4 is 10.1 Å². The number of aromatic nitrogens is 3.